The van der Waals surface area contributed by atoms with Gasteiger partial charge in [-0.15, -0.1) is 0 Å². The van der Waals surface area contributed by atoms with Crippen molar-refractivity contribution >= 4 is 28.2 Å². The number of nitrogens with one attached hydrogen (secondary N) is 2. The molecular formula is C31H35N5O2. The number of ether oxygens (including phenoxy) is 1. The van der Waals surface area contributed by atoms with Gasteiger partial charge in [0, 0.05) is 43.0 Å². The van der Waals surface area contributed by atoms with Gasteiger partial charge in [0.05, 0.1) is 36.0 Å². The van der Waals surface area contributed by atoms with Gasteiger partial charge in [-0.2, -0.15) is 0 Å². The lowest BCUT2D eigenvalue weighted by Crippen LogP contribution is -2.35. The van der Waals surface area contributed by atoms with E-state index in [0.29, 0.717) is 5.69 Å². The summed E-state index contributed by atoms with van der Waals surface area (Å²) in [4.78, 5) is 24.6. The Morgan fingerprint density at radius 2 is 1.66 bits per heavy atom. The average Bonchev–Trinajstić information content (AvgIpc) is 2.91. The summed E-state index contributed by atoms with van der Waals surface area (Å²) in [7, 11) is 0. The van der Waals surface area contributed by atoms with E-state index in [1.807, 2.05) is 55.7 Å². The number of amides is 2. The zero-order valence-electron chi connectivity index (χ0n) is 22.5. The molecule has 2 aromatic heterocycles. The van der Waals surface area contributed by atoms with Crippen LogP contribution in [0.1, 0.15) is 37.7 Å². The highest BCUT2D eigenvalue weighted by Gasteiger charge is 2.17. The summed E-state index contributed by atoms with van der Waals surface area (Å²) < 4.78 is 5.45. The van der Waals surface area contributed by atoms with Gasteiger partial charge in [-0.25, -0.2) is 4.79 Å². The predicted molar refractivity (Wildman–Crippen MR) is 154 cm³/mol. The monoisotopic (exact) mass is 509 g/mol. The molecule has 38 heavy (non-hydrogen) atoms. The molecule has 4 aromatic rings. The number of carbonyl (C=O) groups excluding carboxylic acids is 1. The topological polar surface area (TPSA) is 79.4 Å². The van der Waals surface area contributed by atoms with Crippen molar-refractivity contribution < 1.29 is 9.53 Å². The Kier molecular flexibility index (Phi) is 7.40. The Morgan fingerprint density at radius 1 is 0.921 bits per heavy atom. The van der Waals surface area contributed by atoms with Crippen LogP contribution in [-0.2, 0) is 16.7 Å². The third kappa shape index (κ3) is 5.85. The summed E-state index contributed by atoms with van der Waals surface area (Å²) in [5.41, 5.74) is 6.41. The van der Waals surface area contributed by atoms with Crippen molar-refractivity contribution in [3.8, 4) is 11.1 Å². The average molecular weight is 510 g/mol. The number of morpholine rings is 1. The second-order valence-corrected chi connectivity index (χ2v) is 10.8. The first-order chi connectivity index (χ1) is 18.3. The molecule has 0 unspecified atom stereocenters. The van der Waals surface area contributed by atoms with Gasteiger partial charge in [-0.1, -0.05) is 57.2 Å². The second-order valence-electron chi connectivity index (χ2n) is 10.8. The minimum Gasteiger partial charge on any atom is -0.379 e. The summed E-state index contributed by atoms with van der Waals surface area (Å²) in [5.74, 6) is 0. The fourth-order valence-corrected chi connectivity index (χ4v) is 4.67. The van der Waals surface area contributed by atoms with E-state index in [9.17, 15) is 4.79 Å². The molecule has 196 valence electrons. The predicted octanol–water partition coefficient (Wildman–Crippen LogP) is 6.38. The van der Waals surface area contributed by atoms with E-state index in [0.717, 1.165) is 77.4 Å². The number of anilines is 2. The Hall–Kier alpha value is -3.81. The zero-order chi connectivity index (χ0) is 26.7. The lowest BCUT2D eigenvalue weighted by molar-refractivity contribution is 0.0336. The van der Waals surface area contributed by atoms with Crippen LogP contribution in [0.3, 0.4) is 0 Å². The molecule has 2 aromatic carbocycles. The van der Waals surface area contributed by atoms with Crippen molar-refractivity contribution in [1.29, 1.82) is 0 Å². The SMILES string of the molecule is Cc1ncc(C(C)(C)C)cc1NC(=O)Nc1ccc(-c2ccc(CN3CCOCC3)nc2)c2ccccc12. The number of hydrogen-bond acceptors (Lipinski definition) is 5. The maximum absolute atomic E-state index is 13.0. The van der Waals surface area contributed by atoms with Crippen molar-refractivity contribution in [2.24, 2.45) is 0 Å². The first-order valence-corrected chi connectivity index (χ1v) is 13.1. The van der Waals surface area contributed by atoms with Gasteiger partial charge in [0.15, 0.2) is 0 Å². The third-order valence-corrected chi connectivity index (χ3v) is 7.00. The van der Waals surface area contributed by atoms with Crippen LogP contribution < -0.4 is 10.6 Å². The largest absolute Gasteiger partial charge is 0.379 e. The Balaban J connectivity index is 1.36. The number of pyridine rings is 2. The van der Waals surface area contributed by atoms with Gasteiger partial charge in [0.2, 0.25) is 0 Å². The number of hydrogen-bond donors (Lipinski definition) is 2. The standard InChI is InChI=1S/C31H35N5O2/c1-21-29(17-23(19-32-21)31(2,3)4)35-30(37)34-28-12-11-25(26-7-5-6-8-27(26)28)22-9-10-24(33-18-22)20-36-13-15-38-16-14-36/h5-12,17-19H,13-16,20H2,1-4H3,(H2,34,35,37). The number of fused-ring (bicyclic) bond motifs is 1. The number of urea groups is 1. The van der Waals surface area contributed by atoms with Gasteiger partial charge < -0.3 is 15.4 Å². The van der Waals surface area contributed by atoms with Crippen LogP contribution in [0.15, 0.2) is 67.0 Å². The summed E-state index contributed by atoms with van der Waals surface area (Å²) in [6.45, 7) is 12.5. The minimum atomic E-state index is -0.298. The van der Waals surface area contributed by atoms with E-state index in [1.54, 1.807) is 0 Å². The molecule has 2 N–H and O–H groups in total. The smallest absolute Gasteiger partial charge is 0.323 e. The lowest BCUT2D eigenvalue weighted by atomic mass is 9.88. The minimum absolute atomic E-state index is 0.0603. The number of rotatable bonds is 5. The molecule has 1 fully saturated rings. The number of aromatic nitrogens is 2. The molecule has 3 heterocycles. The summed E-state index contributed by atoms with van der Waals surface area (Å²) in [6.07, 6.45) is 3.81. The van der Waals surface area contributed by atoms with Crippen molar-refractivity contribution in [2.45, 2.75) is 39.7 Å². The molecule has 0 saturated carbocycles. The fraction of sp³-hybridized carbons (Fsp3) is 0.323. The van der Waals surface area contributed by atoms with Gasteiger partial charge in [0.25, 0.3) is 0 Å². The maximum atomic E-state index is 13.0. The molecule has 2 amide bonds. The van der Waals surface area contributed by atoms with Gasteiger partial charge in [0.1, 0.15) is 0 Å². The highest BCUT2D eigenvalue weighted by Crippen LogP contribution is 2.33. The highest BCUT2D eigenvalue weighted by atomic mass is 16.5. The van der Waals surface area contributed by atoms with Crippen LogP contribution >= 0.6 is 0 Å². The van der Waals surface area contributed by atoms with E-state index in [-0.39, 0.29) is 11.4 Å². The maximum Gasteiger partial charge on any atom is 0.323 e. The van der Waals surface area contributed by atoms with Crippen LogP contribution in [0.5, 0.6) is 0 Å². The molecule has 1 aliphatic heterocycles. The van der Waals surface area contributed by atoms with Crippen LogP contribution in [0, 0.1) is 6.92 Å². The third-order valence-electron chi connectivity index (χ3n) is 7.00. The second kappa shape index (κ2) is 10.9. The van der Waals surface area contributed by atoms with E-state index in [1.165, 1.54) is 0 Å². The molecule has 1 aliphatic rings. The Bertz CT molecular complexity index is 1440. The molecule has 0 radical (unpaired) electrons. The number of benzene rings is 2. The van der Waals surface area contributed by atoms with Crippen LogP contribution in [0.4, 0.5) is 16.2 Å². The first-order valence-electron chi connectivity index (χ1n) is 13.1. The highest BCUT2D eigenvalue weighted by molar-refractivity contribution is 6.09. The van der Waals surface area contributed by atoms with E-state index in [4.69, 9.17) is 9.72 Å². The molecule has 1 saturated heterocycles. The summed E-state index contributed by atoms with van der Waals surface area (Å²) in [5, 5.41) is 8.05. The number of aryl methyl sites for hydroxylation is 1. The Labute approximate surface area is 224 Å². The fourth-order valence-electron chi connectivity index (χ4n) is 4.67. The zero-order valence-corrected chi connectivity index (χ0v) is 22.5. The summed E-state index contributed by atoms with van der Waals surface area (Å²) >= 11 is 0. The molecule has 7 nitrogen and oxygen atoms in total. The molecule has 7 heteroatoms. The van der Waals surface area contributed by atoms with Gasteiger partial charge in [-0.3, -0.25) is 14.9 Å². The Morgan fingerprint density at radius 3 is 2.37 bits per heavy atom. The molecule has 5 rings (SSSR count). The first kappa shape index (κ1) is 25.8. The van der Waals surface area contributed by atoms with Gasteiger partial charge in [-0.05, 0) is 47.1 Å². The molecule has 0 aliphatic carbocycles. The molecular weight excluding hydrogens is 474 g/mol. The van der Waals surface area contributed by atoms with E-state index >= 15 is 0 Å². The van der Waals surface area contributed by atoms with Crippen molar-refractivity contribution in [1.82, 2.24) is 14.9 Å². The summed E-state index contributed by atoms with van der Waals surface area (Å²) in [6, 6.07) is 18.0. The normalized spacial score (nSPS) is 14.4. The number of nitrogens with zero attached hydrogens (tertiary/aromatic N) is 3. The van der Waals surface area contributed by atoms with Crippen molar-refractivity contribution in [3.63, 3.8) is 0 Å². The lowest BCUT2D eigenvalue weighted by Gasteiger charge is -2.26. The van der Waals surface area contributed by atoms with Crippen LogP contribution in [0.2, 0.25) is 0 Å². The van der Waals surface area contributed by atoms with E-state index in [2.05, 4.69) is 59.5 Å². The van der Waals surface area contributed by atoms with Crippen molar-refractivity contribution in [3.05, 3.63) is 83.9 Å². The van der Waals surface area contributed by atoms with Crippen LogP contribution in [-0.4, -0.2) is 47.2 Å². The molecule has 0 atom stereocenters. The number of carbonyl (C=O) groups is 1. The molecule has 0 spiro atoms. The van der Waals surface area contributed by atoms with E-state index < -0.39 is 0 Å². The van der Waals surface area contributed by atoms with Gasteiger partial charge >= 0.3 is 6.03 Å². The quantitative estimate of drug-likeness (QED) is 0.326. The van der Waals surface area contributed by atoms with Crippen LogP contribution in [0.25, 0.3) is 21.9 Å². The van der Waals surface area contributed by atoms with Crippen molar-refractivity contribution in [2.75, 3.05) is 36.9 Å². The molecule has 0 bridgehead atoms.